The zero-order valence-corrected chi connectivity index (χ0v) is 13.9. The Hall–Kier alpha value is -1.91. The van der Waals surface area contributed by atoms with E-state index in [0.717, 1.165) is 18.0 Å². The number of hydrogen-bond donors (Lipinski definition) is 1. The van der Waals surface area contributed by atoms with Crippen LogP contribution in [0.15, 0.2) is 47.6 Å². The zero-order chi connectivity index (χ0) is 18.2. The number of sulfonamides is 1. The maximum atomic E-state index is 12.7. The van der Waals surface area contributed by atoms with Crippen molar-refractivity contribution in [2.45, 2.75) is 29.6 Å². The molecule has 10 heteroatoms. The van der Waals surface area contributed by atoms with E-state index in [9.17, 15) is 21.6 Å². The molecule has 0 radical (unpaired) electrons. The lowest BCUT2D eigenvalue weighted by atomic mass is 9.95. The van der Waals surface area contributed by atoms with Crippen molar-refractivity contribution in [3.8, 4) is 0 Å². The van der Waals surface area contributed by atoms with Gasteiger partial charge in [0.25, 0.3) is 0 Å². The zero-order valence-electron chi connectivity index (χ0n) is 13.1. The average molecular weight is 374 g/mol. The molecule has 1 aromatic heterocycles. The van der Waals surface area contributed by atoms with Gasteiger partial charge in [-0.2, -0.15) is 22.6 Å². The SMILES string of the molecule is N[C@@H]1CN(S(=O)(=O)c2cnn(CC(F)(F)F)c2)C[C@H]1c1ccccc1. The molecule has 0 bridgehead atoms. The van der Waals surface area contributed by atoms with Crippen LogP contribution in [0.25, 0.3) is 0 Å². The summed E-state index contributed by atoms with van der Waals surface area (Å²) < 4.78 is 64.3. The van der Waals surface area contributed by atoms with Gasteiger partial charge in [-0.25, -0.2) is 8.42 Å². The van der Waals surface area contributed by atoms with Gasteiger partial charge in [0.05, 0.1) is 6.20 Å². The molecule has 1 aromatic carbocycles. The molecule has 136 valence electrons. The fourth-order valence-corrected chi connectivity index (χ4v) is 4.40. The van der Waals surface area contributed by atoms with E-state index in [0.29, 0.717) is 4.68 Å². The Bertz CT molecular complexity index is 836. The molecule has 1 aliphatic heterocycles. The second kappa shape index (κ2) is 6.43. The third-order valence-electron chi connectivity index (χ3n) is 4.15. The summed E-state index contributed by atoms with van der Waals surface area (Å²) in [6.45, 7) is -1.06. The van der Waals surface area contributed by atoms with E-state index in [-0.39, 0.29) is 29.9 Å². The van der Waals surface area contributed by atoms with Crippen LogP contribution in [0.5, 0.6) is 0 Å². The summed E-state index contributed by atoms with van der Waals surface area (Å²) in [6.07, 6.45) is -2.64. The molecular weight excluding hydrogens is 357 g/mol. The van der Waals surface area contributed by atoms with Gasteiger partial charge in [0, 0.05) is 31.2 Å². The number of hydrogen-bond acceptors (Lipinski definition) is 4. The Morgan fingerprint density at radius 3 is 2.52 bits per heavy atom. The summed E-state index contributed by atoms with van der Waals surface area (Å²) in [4.78, 5) is -0.266. The smallest absolute Gasteiger partial charge is 0.326 e. The number of nitrogens with zero attached hydrogens (tertiary/aromatic N) is 3. The molecule has 2 aromatic rings. The predicted octanol–water partition coefficient (Wildman–Crippen LogP) is 1.56. The van der Waals surface area contributed by atoms with Gasteiger partial charge in [-0.05, 0) is 5.56 Å². The van der Waals surface area contributed by atoms with E-state index < -0.39 is 22.7 Å². The Balaban J connectivity index is 1.79. The lowest BCUT2D eigenvalue weighted by Gasteiger charge is -2.15. The summed E-state index contributed by atoms with van der Waals surface area (Å²) in [5.74, 6) is -0.166. The number of alkyl halides is 3. The molecule has 25 heavy (non-hydrogen) atoms. The highest BCUT2D eigenvalue weighted by Crippen LogP contribution is 2.30. The molecule has 6 nitrogen and oxygen atoms in total. The van der Waals surface area contributed by atoms with Crippen molar-refractivity contribution in [2.75, 3.05) is 13.1 Å². The van der Waals surface area contributed by atoms with Crippen LogP contribution in [0.3, 0.4) is 0 Å². The van der Waals surface area contributed by atoms with Gasteiger partial charge < -0.3 is 5.73 Å². The maximum absolute atomic E-state index is 12.7. The standard InChI is InChI=1S/C15H17F3N4O2S/c16-15(17,18)10-21-7-12(6-20-21)25(23,24)22-8-13(14(19)9-22)11-4-2-1-3-5-11/h1-7,13-14H,8-10,19H2/t13-,14+/m0/s1. The monoisotopic (exact) mass is 374 g/mol. The highest BCUT2D eigenvalue weighted by molar-refractivity contribution is 7.89. The minimum absolute atomic E-state index is 0.104. The first-order chi connectivity index (χ1) is 11.7. The third-order valence-corrected chi connectivity index (χ3v) is 5.93. The molecule has 2 N–H and O–H groups in total. The van der Waals surface area contributed by atoms with Crippen LogP contribution in [0.2, 0.25) is 0 Å². The summed E-state index contributed by atoms with van der Waals surface area (Å²) in [5, 5.41) is 3.50. The van der Waals surface area contributed by atoms with Crippen LogP contribution < -0.4 is 5.73 Å². The van der Waals surface area contributed by atoms with E-state index in [1.165, 1.54) is 4.31 Å². The Kier molecular flexibility index (Phi) is 4.60. The summed E-state index contributed by atoms with van der Waals surface area (Å²) in [7, 11) is -3.94. The lowest BCUT2D eigenvalue weighted by Crippen LogP contribution is -2.32. The molecular formula is C15H17F3N4O2S. The lowest BCUT2D eigenvalue weighted by molar-refractivity contribution is -0.142. The molecule has 0 saturated carbocycles. The van der Waals surface area contributed by atoms with Crippen LogP contribution >= 0.6 is 0 Å². The normalized spacial score (nSPS) is 22.4. The molecule has 0 unspecified atom stereocenters. The number of aromatic nitrogens is 2. The van der Waals surface area contributed by atoms with Crippen LogP contribution in [0, 0.1) is 0 Å². The minimum atomic E-state index is -4.47. The minimum Gasteiger partial charge on any atom is -0.326 e. The quantitative estimate of drug-likeness (QED) is 0.881. The van der Waals surface area contributed by atoms with Gasteiger partial charge in [-0.15, -0.1) is 0 Å². The fraction of sp³-hybridized carbons (Fsp3) is 0.400. The Labute approximate surface area is 143 Å². The van der Waals surface area contributed by atoms with E-state index in [2.05, 4.69) is 5.10 Å². The average Bonchev–Trinajstić information content (AvgIpc) is 3.14. The second-order valence-corrected chi connectivity index (χ2v) is 7.93. The van der Waals surface area contributed by atoms with E-state index in [4.69, 9.17) is 5.73 Å². The van der Waals surface area contributed by atoms with Crippen molar-refractivity contribution in [3.05, 3.63) is 48.3 Å². The van der Waals surface area contributed by atoms with Crippen LogP contribution in [-0.4, -0.2) is 47.8 Å². The number of benzene rings is 1. The highest BCUT2D eigenvalue weighted by atomic mass is 32.2. The fourth-order valence-electron chi connectivity index (χ4n) is 2.94. The number of nitrogens with two attached hydrogens (primary N) is 1. The first kappa shape index (κ1) is 17.9. The summed E-state index contributed by atoms with van der Waals surface area (Å²) >= 11 is 0. The van der Waals surface area contributed by atoms with Crippen molar-refractivity contribution in [1.82, 2.24) is 14.1 Å². The van der Waals surface area contributed by atoms with Crippen LogP contribution in [0.4, 0.5) is 13.2 Å². The number of rotatable bonds is 4. The molecule has 1 aliphatic rings. The molecule has 1 fully saturated rings. The highest BCUT2D eigenvalue weighted by Gasteiger charge is 2.39. The van der Waals surface area contributed by atoms with Gasteiger partial charge in [0.15, 0.2) is 0 Å². The second-order valence-electron chi connectivity index (χ2n) is 5.99. The topological polar surface area (TPSA) is 81.2 Å². The van der Waals surface area contributed by atoms with Gasteiger partial charge in [-0.1, -0.05) is 30.3 Å². The maximum Gasteiger partial charge on any atom is 0.408 e. The van der Waals surface area contributed by atoms with Crippen molar-refractivity contribution < 1.29 is 21.6 Å². The number of halogens is 3. The summed E-state index contributed by atoms with van der Waals surface area (Å²) in [6, 6.07) is 8.92. The first-order valence-corrected chi connectivity index (χ1v) is 9.01. The van der Waals surface area contributed by atoms with Crippen LogP contribution in [-0.2, 0) is 16.6 Å². The molecule has 3 rings (SSSR count). The van der Waals surface area contributed by atoms with E-state index in [1.54, 1.807) is 0 Å². The molecule has 0 aliphatic carbocycles. The van der Waals surface area contributed by atoms with Crippen LogP contribution in [0.1, 0.15) is 11.5 Å². The van der Waals surface area contributed by atoms with Crippen molar-refractivity contribution in [2.24, 2.45) is 5.73 Å². The van der Waals surface area contributed by atoms with Gasteiger partial charge in [0.2, 0.25) is 10.0 Å². The van der Waals surface area contributed by atoms with Crippen molar-refractivity contribution in [3.63, 3.8) is 0 Å². The Morgan fingerprint density at radius 1 is 1.20 bits per heavy atom. The van der Waals surface area contributed by atoms with Crippen molar-refractivity contribution in [1.29, 1.82) is 0 Å². The van der Waals surface area contributed by atoms with E-state index in [1.807, 2.05) is 30.3 Å². The predicted molar refractivity (Wildman–Crippen MR) is 84.2 cm³/mol. The summed E-state index contributed by atoms with van der Waals surface area (Å²) in [5.41, 5.74) is 7.02. The largest absolute Gasteiger partial charge is 0.408 e. The van der Waals surface area contributed by atoms with Crippen molar-refractivity contribution >= 4 is 10.0 Å². The van der Waals surface area contributed by atoms with Gasteiger partial charge in [-0.3, -0.25) is 4.68 Å². The molecule has 2 atom stereocenters. The third kappa shape index (κ3) is 3.86. The van der Waals surface area contributed by atoms with Gasteiger partial charge >= 0.3 is 6.18 Å². The first-order valence-electron chi connectivity index (χ1n) is 7.57. The Morgan fingerprint density at radius 2 is 1.88 bits per heavy atom. The van der Waals surface area contributed by atoms with E-state index >= 15 is 0 Å². The van der Waals surface area contributed by atoms with Gasteiger partial charge in [0.1, 0.15) is 11.4 Å². The molecule has 0 amide bonds. The molecule has 2 heterocycles. The molecule has 1 saturated heterocycles. The molecule has 0 spiro atoms.